The molecular weight excluding hydrogens is 260 g/mol. The Morgan fingerprint density at radius 2 is 2.16 bits per heavy atom. The van der Waals surface area contributed by atoms with E-state index < -0.39 is 0 Å². The van der Waals surface area contributed by atoms with E-state index in [2.05, 4.69) is 16.9 Å². The van der Waals surface area contributed by atoms with Gasteiger partial charge in [-0.05, 0) is 42.1 Å². The minimum absolute atomic E-state index is 0.518. The predicted molar refractivity (Wildman–Crippen MR) is 74.0 cm³/mol. The van der Waals surface area contributed by atoms with Crippen molar-refractivity contribution in [3.8, 4) is 11.1 Å². The second-order valence-electron chi connectivity index (χ2n) is 4.47. The number of aryl methyl sites for hydroxylation is 2. The van der Waals surface area contributed by atoms with Gasteiger partial charge in [0.1, 0.15) is 11.7 Å². The molecule has 0 radical (unpaired) electrons. The fourth-order valence-corrected chi connectivity index (χ4v) is 2.34. The van der Waals surface area contributed by atoms with Gasteiger partial charge in [-0.3, -0.25) is 0 Å². The zero-order valence-electron chi connectivity index (χ0n) is 10.8. The Kier molecular flexibility index (Phi) is 2.95. The van der Waals surface area contributed by atoms with E-state index in [-0.39, 0.29) is 0 Å². The van der Waals surface area contributed by atoms with Crippen LogP contribution >= 0.6 is 11.6 Å². The van der Waals surface area contributed by atoms with E-state index >= 15 is 0 Å². The lowest BCUT2D eigenvalue weighted by atomic mass is 10.1. The van der Waals surface area contributed by atoms with Crippen LogP contribution < -0.4 is 4.68 Å². The van der Waals surface area contributed by atoms with Crippen LogP contribution in [0.2, 0.25) is 5.15 Å². The molecule has 0 unspecified atom stereocenters. The van der Waals surface area contributed by atoms with E-state index in [4.69, 9.17) is 11.6 Å². The van der Waals surface area contributed by atoms with Gasteiger partial charge in [0.15, 0.2) is 0 Å². The van der Waals surface area contributed by atoms with Gasteiger partial charge in [0, 0.05) is 17.8 Å². The molecule has 0 atom stereocenters. The van der Waals surface area contributed by atoms with Crippen molar-refractivity contribution in [3.05, 3.63) is 47.6 Å². The molecule has 3 heterocycles. The smallest absolute Gasteiger partial charge is 0.244 e. The van der Waals surface area contributed by atoms with E-state index in [1.54, 1.807) is 6.20 Å². The molecule has 0 bridgehead atoms. The highest BCUT2D eigenvalue weighted by Crippen LogP contribution is 2.27. The van der Waals surface area contributed by atoms with Gasteiger partial charge < -0.3 is 0 Å². The molecule has 96 valence electrons. The van der Waals surface area contributed by atoms with Gasteiger partial charge in [0.25, 0.3) is 5.65 Å². The average molecular weight is 274 g/mol. The molecule has 19 heavy (non-hydrogen) atoms. The largest absolute Gasteiger partial charge is 0.307 e. The summed E-state index contributed by atoms with van der Waals surface area (Å²) in [6, 6.07) is 6.09. The van der Waals surface area contributed by atoms with Crippen LogP contribution in [0.1, 0.15) is 12.5 Å². The summed E-state index contributed by atoms with van der Waals surface area (Å²) in [5.41, 5.74) is 3.96. The lowest BCUT2D eigenvalue weighted by Gasteiger charge is -2.04. The first-order chi connectivity index (χ1) is 9.19. The van der Waals surface area contributed by atoms with E-state index in [0.717, 1.165) is 28.9 Å². The molecule has 0 spiro atoms. The average Bonchev–Trinajstić information content (AvgIpc) is 2.83. The lowest BCUT2D eigenvalue weighted by molar-refractivity contribution is -0.758. The third kappa shape index (κ3) is 2.08. The summed E-state index contributed by atoms with van der Waals surface area (Å²) in [6.45, 7) is 4.97. The quantitative estimate of drug-likeness (QED) is 0.531. The summed E-state index contributed by atoms with van der Waals surface area (Å²) in [7, 11) is 0. The van der Waals surface area contributed by atoms with E-state index in [1.165, 1.54) is 0 Å². The van der Waals surface area contributed by atoms with Crippen molar-refractivity contribution in [2.24, 2.45) is 0 Å². The van der Waals surface area contributed by atoms with Crippen molar-refractivity contribution in [1.29, 1.82) is 0 Å². The first-order valence-electron chi connectivity index (χ1n) is 6.18. The number of halogens is 1. The van der Waals surface area contributed by atoms with Crippen molar-refractivity contribution in [1.82, 2.24) is 14.5 Å². The summed E-state index contributed by atoms with van der Waals surface area (Å²) in [5, 5.41) is 0.518. The minimum Gasteiger partial charge on any atom is -0.244 e. The Hall–Kier alpha value is -1.94. The molecular formula is C14H14ClN4+. The zero-order chi connectivity index (χ0) is 13.4. The lowest BCUT2D eigenvalue weighted by Crippen LogP contribution is -2.37. The molecule has 0 aliphatic rings. The van der Waals surface area contributed by atoms with Crippen LogP contribution in [0.3, 0.4) is 0 Å². The molecule has 0 aliphatic carbocycles. The van der Waals surface area contributed by atoms with Gasteiger partial charge in [-0.1, -0.05) is 11.6 Å². The maximum Gasteiger partial charge on any atom is 0.307 e. The Labute approximate surface area is 116 Å². The number of hydrogen-bond acceptors (Lipinski definition) is 2. The second-order valence-corrected chi connectivity index (χ2v) is 4.83. The first kappa shape index (κ1) is 12.1. The Morgan fingerprint density at radius 1 is 1.32 bits per heavy atom. The van der Waals surface area contributed by atoms with Gasteiger partial charge in [-0.15, -0.1) is 4.52 Å². The molecule has 3 rings (SSSR count). The number of pyridine rings is 2. The first-order valence-corrected chi connectivity index (χ1v) is 6.56. The van der Waals surface area contributed by atoms with Crippen LogP contribution in [0.5, 0.6) is 0 Å². The van der Waals surface area contributed by atoms with Crippen molar-refractivity contribution in [2.45, 2.75) is 20.4 Å². The molecule has 5 heteroatoms. The van der Waals surface area contributed by atoms with E-state index in [9.17, 15) is 0 Å². The summed E-state index contributed by atoms with van der Waals surface area (Å²) >= 11 is 6.17. The molecule has 0 N–H and O–H groups in total. The van der Waals surface area contributed by atoms with Gasteiger partial charge in [0.2, 0.25) is 0 Å². The fourth-order valence-electron chi connectivity index (χ4n) is 2.13. The molecule has 0 fully saturated rings. The summed E-state index contributed by atoms with van der Waals surface area (Å²) in [4.78, 5) is 8.58. The number of nitrogens with zero attached hydrogens (tertiary/aromatic N) is 4. The van der Waals surface area contributed by atoms with Crippen LogP contribution in [0.15, 0.2) is 36.9 Å². The summed E-state index contributed by atoms with van der Waals surface area (Å²) < 4.78 is 4.05. The highest BCUT2D eigenvalue weighted by Gasteiger charge is 2.12. The molecule has 0 saturated carbocycles. The SMILES string of the molecule is CC[n+]1cnc2cc(-c3cc(C)cnc3Cl)ccn21. The van der Waals surface area contributed by atoms with Gasteiger partial charge in [-0.2, -0.15) is 4.68 Å². The number of rotatable bonds is 2. The fraction of sp³-hybridized carbons (Fsp3) is 0.214. The zero-order valence-corrected chi connectivity index (χ0v) is 11.6. The Bertz CT molecular complexity index is 748. The van der Waals surface area contributed by atoms with E-state index in [1.807, 2.05) is 46.8 Å². The standard InChI is InChI=1S/C14H14ClN4/c1-3-18-9-17-13-7-11(4-5-19(13)18)12-6-10(2)8-16-14(12)15/h4-9H,3H2,1-2H3/q+1. The van der Waals surface area contributed by atoms with Crippen LogP contribution in [-0.4, -0.2) is 14.5 Å². The highest BCUT2D eigenvalue weighted by molar-refractivity contribution is 6.32. The summed E-state index contributed by atoms with van der Waals surface area (Å²) in [6.07, 6.45) is 5.60. The van der Waals surface area contributed by atoms with Crippen molar-refractivity contribution in [3.63, 3.8) is 0 Å². The predicted octanol–water partition coefficient (Wildman–Crippen LogP) is 2.67. The van der Waals surface area contributed by atoms with Gasteiger partial charge >= 0.3 is 6.33 Å². The third-order valence-electron chi connectivity index (χ3n) is 3.13. The van der Waals surface area contributed by atoms with Crippen LogP contribution in [0.4, 0.5) is 0 Å². The number of fused-ring (bicyclic) bond motifs is 1. The molecule has 3 aromatic heterocycles. The molecule has 4 nitrogen and oxygen atoms in total. The van der Waals surface area contributed by atoms with Gasteiger partial charge in [-0.25, -0.2) is 4.98 Å². The molecule has 0 aromatic carbocycles. The second kappa shape index (κ2) is 4.63. The van der Waals surface area contributed by atoms with Crippen LogP contribution in [-0.2, 0) is 6.54 Å². The highest BCUT2D eigenvalue weighted by atomic mass is 35.5. The summed E-state index contributed by atoms with van der Waals surface area (Å²) in [5.74, 6) is 0. The Balaban J connectivity index is 2.18. The van der Waals surface area contributed by atoms with Crippen LogP contribution in [0, 0.1) is 6.92 Å². The number of aromatic nitrogens is 4. The number of hydrogen-bond donors (Lipinski definition) is 0. The molecule has 0 saturated heterocycles. The Morgan fingerprint density at radius 3 is 2.95 bits per heavy atom. The van der Waals surface area contributed by atoms with Crippen LogP contribution in [0.25, 0.3) is 16.8 Å². The molecule has 3 aromatic rings. The topological polar surface area (TPSA) is 34.1 Å². The maximum absolute atomic E-state index is 6.17. The van der Waals surface area contributed by atoms with Crippen molar-refractivity contribution < 1.29 is 4.68 Å². The molecule has 0 aliphatic heterocycles. The minimum atomic E-state index is 0.518. The monoisotopic (exact) mass is 273 g/mol. The maximum atomic E-state index is 6.17. The third-order valence-corrected chi connectivity index (χ3v) is 3.43. The molecule has 0 amide bonds. The van der Waals surface area contributed by atoms with Gasteiger partial charge in [0.05, 0.1) is 6.20 Å². The van der Waals surface area contributed by atoms with Crippen molar-refractivity contribution in [2.75, 3.05) is 0 Å². The van der Waals surface area contributed by atoms with E-state index in [0.29, 0.717) is 5.15 Å². The van der Waals surface area contributed by atoms with Crippen molar-refractivity contribution >= 4 is 17.2 Å². The normalized spacial score (nSPS) is 11.1.